The molecule has 1 aromatic heterocycles. The van der Waals surface area contributed by atoms with Gasteiger partial charge in [-0.25, -0.2) is 0 Å². The minimum Gasteiger partial charge on any atom is -0.352 e. The number of aryl methyl sites for hydroxylation is 5. The molecule has 0 aliphatic rings. The SMILES string of the molecule is Cc1cc(C)c(CNC(=O)Cc2c(C)nn(C)c2C)c(C)c1. The molecule has 2 rings (SSSR count). The highest BCUT2D eigenvalue weighted by atomic mass is 16.1. The Kier molecular flexibility index (Phi) is 4.69. The monoisotopic (exact) mass is 299 g/mol. The summed E-state index contributed by atoms with van der Waals surface area (Å²) < 4.78 is 1.83. The van der Waals surface area contributed by atoms with Crippen LogP contribution in [0.2, 0.25) is 0 Å². The van der Waals surface area contributed by atoms with Crippen LogP contribution < -0.4 is 5.32 Å². The smallest absolute Gasteiger partial charge is 0.224 e. The lowest BCUT2D eigenvalue weighted by Crippen LogP contribution is -2.25. The lowest BCUT2D eigenvalue weighted by Gasteiger charge is -2.12. The van der Waals surface area contributed by atoms with Gasteiger partial charge in [0.15, 0.2) is 0 Å². The number of hydrogen-bond acceptors (Lipinski definition) is 2. The summed E-state index contributed by atoms with van der Waals surface area (Å²) in [7, 11) is 1.91. The van der Waals surface area contributed by atoms with Crippen molar-refractivity contribution in [2.24, 2.45) is 7.05 Å². The largest absolute Gasteiger partial charge is 0.352 e. The number of carbonyl (C=O) groups is 1. The summed E-state index contributed by atoms with van der Waals surface area (Å²) in [6.45, 7) is 10.8. The molecule has 0 spiro atoms. The molecule has 0 atom stereocenters. The van der Waals surface area contributed by atoms with Crippen LogP contribution in [-0.4, -0.2) is 15.7 Å². The molecule has 0 saturated carbocycles. The predicted molar refractivity (Wildman–Crippen MR) is 88.9 cm³/mol. The summed E-state index contributed by atoms with van der Waals surface area (Å²) in [5.41, 5.74) is 7.92. The van der Waals surface area contributed by atoms with Gasteiger partial charge in [0.2, 0.25) is 5.91 Å². The van der Waals surface area contributed by atoms with Crippen molar-refractivity contribution in [2.75, 3.05) is 0 Å². The van der Waals surface area contributed by atoms with Crippen molar-refractivity contribution in [2.45, 2.75) is 47.6 Å². The van der Waals surface area contributed by atoms with Gasteiger partial charge in [0.25, 0.3) is 0 Å². The fourth-order valence-electron chi connectivity index (χ4n) is 2.97. The molecule has 0 aliphatic carbocycles. The standard InChI is InChI=1S/C18H25N3O/c1-11-7-12(2)17(13(3)8-11)10-19-18(22)9-16-14(4)20-21(6)15(16)5/h7-8H,9-10H2,1-6H3,(H,19,22). The van der Waals surface area contributed by atoms with Gasteiger partial charge < -0.3 is 5.32 Å². The summed E-state index contributed by atoms with van der Waals surface area (Å²) in [5, 5.41) is 7.39. The number of nitrogens with one attached hydrogen (secondary N) is 1. The predicted octanol–water partition coefficient (Wildman–Crippen LogP) is 2.82. The molecule has 0 unspecified atom stereocenters. The van der Waals surface area contributed by atoms with E-state index in [0.717, 1.165) is 17.0 Å². The molecule has 0 bridgehead atoms. The zero-order chi connectivity index (χ0) is 16.4. The van der Waals surface area contributed by atoms with Gasteiger partial charge in [-0.2, -0.15) is 5.10 Å². The first kappa shape index (κ1) is 16.3. The summed E-state index contributed by atoms with van der Waals surface area (Å²) >= 11 is 0. The van der Waals surface area contributed by atoms with Crippen LogP contribution in [0.5, 0.6) is 0 Å². The Morgan fingerprint density at radius 1 is 1.09 bits per heavy atom. The molecule has 1 heterocycles. The van der Waals surface area contributed by atoms with Crippen LogP contribution in [0.4, 0.5) is 0 Å². The zero-order valence-electron chi connectivity index (χ0n) is 14.4. The first-order valence-electron chi connectivity index (χ1n) is 7.62. The van der Waals surface area contributed by atoms with Gasteiger partial charge >= 0.3 is 0 Å². The third-order valence-corrected chi connectivity index (χ3v) is 4.30. The highest BCUT2D eigenvalue weighted by Crippen LogP contribution is 2.16. The van der Waals surface area contributed by atoms with Crippen molar-refractivity contribution in [3.05, 3.63) is 51.3 Å². The molecule has 4 nitrogen and oxygen atoms in total. The molecule has 4 heteroatoms. The third kappa shape index (κ3) is 3.38. The van der Waals surface area contributed by atoms with E-state index in [-0.39, 0.29) is 5.91 Å². The van der Waals surface area contributed by atoms with Crippen LogP contribution in [0.1, 0.15) is 39.2 Å². The van der Waals surface area contributed by atoms with E-state index in [0.29, 0.717) is 13.0 Å². The molecule has 0 fully saturated rings. The van der Waals surface area contributed by atoms with Gasteiger partial charge in [0.05, 0.1) is 12.1 Å². The second-order valence-electron chi connectivity index (χ2n) is 6.10. The number of nitrogens with zero attached hydrogens (tertiary/aromatic N) is 2. The van der Waals surface area contributed by atoms with Crippen LogP contribution in [0.25, 0.3) is 0 Å². The number of carbonyl (C=O) groups excluding carboxylic acids is 1. The zero-order valence-corrected chi connectivity index (χ0v) is 14.4. The van der Waals surface area contributed by atoms with Gasteiger partial charge in [-0.15, -0.1) is 0 Å². The van der Waals surface area contributed by atoms with Crippen molar-refractivity contribution in [1.82, 2.24) is 15.1 Å². The first-order valence-corrected chi connectivity index (χ1v) is 7.62. The van der Waals surface area contributed by atoms with Crippen LogP contribution in [-0.2, 0) is 24.8 Å². The van der Waals surface area contributed by atoms with Crippen molar-refractivity contribution >= 4 is 5.91 Å². The average molecular weight is 299 g/mol. The Morgan fingerprint density at radius 2 is 1.68 bits per heavy atom. The number of aromatic nitrogens is 2. The van der Waals surface area contributed by atoms with Crippen LogP contribution >= 0.6 is 0 Å². The van der Waals surface area contributed by atoms with Crippen LogP contribution in [0, 0.1) is 34.6 Å². The maximum atomic E-state index is 12.2. The quantitative estimate of drug-likeness (QED) is 0.943. The Balaban J connectivity index is 2.05. The van der Waals surface area contributed by atoms with Crippen molar-refractivity contribution in [1.29, 1.82) is 0 Å². The van der Waals surface area contributed by atoms with Crippen molar-refractivity contribution in [3.63, 3.8) is 0 Å². The lowest BCUT2D eigenvalue weighted by atomic mass is 10.00. The fourth-order valence-corrected chi connectivity index (χ4v) is 2.97. The minimum absolute atomic E-state index is 0.0403. The average Bonchev–Trinajstić information content (AvgIpc) is 2.64. The van der Waals surface area contributed by atoms with Crippen LogP contribution in [0.15, 0.2) is 12.1 Å². The maximum Gasteiger partial charge on any atom is 0.224 e. The number of benzene rings is 1. The summed E-state index contributed by atoms with van der Waals surface area (Å²) in [5.74, 6) is 0.0403. The molecule has 1 aromatic carbocycles. The molecule has 0 saturated heterocycles. The van der Waals surface area contributed by atoms with E-state index >= 15 is 0 Å². The third-order valence-electron chi connectivity index (χ3n) is 4.30. The van der Waals surface area contributed by atoms with E-state index in [4.69, 9.17) is 0 Å². The first-order chi connectivity index (χ1) is 10.3. The molecule has 118 valence electrons. The Bertz CT molecular complexity index is 690. The Hall–Kier alpha value is -2.10. The molecule has 22 heavy (non-hydrogen) atoms. The Morgan fingerprint density at radius 3 is 2.18 bits per heavy atom. The number of hydrogen-bond donors (Lipinski definition) is 1. The highest BCUT2D eigenvalue weighted by Gasteiger charge is 2.14. The number of rotatable bonds is 4. The maximum absolute atomic E-state index is 12.2. The summed E-state index contributed by atoms with van der Waals surface area (Å²) in [6.07, 6.45) is 0.384. The minimum atomic E-state index is 0.0403. The molecule has 0 aliphatic heterocycles. The molecule has 1 N–H and O–H groups in total. The number of amides is 1. The molecule has 2 aromatic rings. The fraction of sp³-hybridized carbons (Fsp3) is 0.444. The topological polar surface area (TPSA) is 46.9 Å². The lowest BCUT2D eigenvalue weighted by molar-refractivity contribution is -0.120. The van der Waals surface area contributed by atoms with Gasteiger partial charge in [0, 0.05) is 24.8 Å². The van der Waals surface area contributed by atoms with Crippen molar-refractivity contribution in [3.8, 4) is 0 Å². The van der Waals surface area contributed by atoms with Gasteiger partial charge in [-0.1, -0.05) is 17.7 Å². The van der Waals surface area contributed by atoms with Crippen molar-refractivity contribution < 1.29 is 4.79 Å². The molecule has 1 amide bonds. The second kappa shape index (κ2) is 6.34. The normalized spacial score (nSPS) is 10.8. The van der Waals surface area contributed by atoms with Gasteiger partial charge in [-0.05, 0) is 51.3 Å². The molecular formula is C18H25N3O. The van der Waals surface area contributed by atoms with E-state index in [9.17, 15) is 4.79 Å². The summed E-state index contributed by atoms with van der Waals surface area (Å²) in [6, 6.07) is 4.31. The van der Waals surface area contributed by atoms with Gasteiger partial charge in [0.1, 0.15) is 0 Å². The van der Waals surface area contributed by atoms with E-state index in [1.807, 2.05) is 25.6 Å². The van der Waals surface area contributed by atoms with Gasteiger partial charge in [-0.3, -0.25) is 9.48 Å². The van der Waals surface area contributed by atoms with E-state index < -0.39 is 0 Å². The Labute approximate surface area is 132 Å². The van der Waals surface area contributed by atoms with E-state index in [2.05, 4.69) is 43.3 Å². The second-order valence-corrected chi connectivity index (χ2v) is 6.10. The van der Waals surface area contributed by atoms with E-state index in [1.54, 1.807) is 0 Å². The molecular weight excluding hydrogens is 274 g/mol. The molecule has 0 radical (unpaired) electrons. The van der Waals surface area contributed by atoms with Crippen LogP contribution in [0.3, 0.4) is 0 Å². The highest BCUT2D eigenvalue weighted by molar-refractivity contribution is 5.79. The van der Waals surface area contributed by atoms with E-state index in [1.165, 1.54) is 22.3 Å². The summed E-state index contributed by atoms with van der Waals surface area (Å²) in [4.78, 5) is 12.2.